The number of carbonyl (C=O) groups excluding carboxylic acids is 1. The second kappa shape index (κ2) is 6.63. The summed E-state index contributed by atoms with van der Waals surface area (Å²) in [6, 6.07) is 6.43. The van der Waals surface area contributed by atoms with Crippen LogP contribution in [0.4, 0.5) is 15.0 Å². The fourth-order valence-electron chi connectivity index (χ4n) is 3.45. The minimum atomic E-state index is -0.340. The smallest absolute Gasteiger partial charge is 0.323 e. The molecule has 2 aliphatic rings. The van der Waals surface area contributed by atoms with Gasteiger partial charge in [0.05, 0.1) is 19.1 Å². The standard InChI is InChI=1S/C19H23FN4O2/c1-12-9-18(22-24(12)13(2)14-3-4-14)21-19(25)23-7-8-26-17-10-16(20)6-5-15(17)11-23/h5-6,9-10,13-14H,3-4,7-8,11H2,1-2H3,(H,21,22,25). The lowest BCUT2D eigenvalue weighted by Crippen LogP contribution is -2.36. The maximum Gasteiger partial charge on any atom is 0.323 e. The number of aromatic nitrogens is 2. The Bertz CT molecular complexity index is 831. The Hall–Kier alpha value is -2.57. The Morgan fingerprint density at radius 1 is 1.38 bits per heavy atom. The summed E-state index contributed by atoms with van der Waals surface area (Å²) in [6.45, 7) is 5.31. The van der Waals surface area contributed by atoms with Crippen molar-refractivity contribution in [3.05, 3.63) is 41.3 Å². The van der Waals surface area contributed by atoms with Crippen LogP contribution < -0.4 is 10.1 Å². The molecular weight excluding hydrogens is 335 g/mol. The molecule has 1 saturated carbocycles. The van der Waals surface area contributed by atoms with E-state index in [1.165, 1.54) is 25.0 Å². The number of amides is 2. The first kappa shape index (κ1) is 16.9. The molecule has 26 heavy (non-hydrogen) atoms. The van der Waals surface area contributed by atoms with Crippen LogP contribution in [0.25, 0.3) is 0 Å². The minimum absolute atomic E-state index is 0.227. The molecule has 1 fully saturated rings. The zero-order valence-corrected chi connectivity index (χ0v) is 15.0. The van der Waals surface area contributed by atoms with Crippen molar-refractivity contribution in [1.29, 1.82) is 0 Å². The van der Waals surface area contributed by atoms with Crippen molar-refractivity contribution in [3.8, 4) is 5.75 Å². The minimum Gasteiger partial charge on any atom is -0.491 e. The van der Waals surface area contributed by atoms with Crippen molar-refractivity contribution in [3.63, 3.8) is 0 Å². The normalized spacial score (nSPS) is 17.9. The van der Waals surface area contributed by atoms with Gasteiger partial charge in [-0.05, 0) is 38.7 Å². The van der Waals surface area contributed by atoms with Crippen molar-refractivity contribution in [1.82, 2.24) is 14.7 Å². The van der Waals surface area contributed by atoms with Crippen LogP contribution in [0.2, 0.25) is 0 Å². The molecule has 1 aliphatic heterocycles. The van der Waals surface area contributed by atoms with Crippen LogP contribution >= 0.6 is 0 Å². The molecule has 0 bridgehead atoms. The van der Waals surface area contributed by atoms with Crippen molar-refractivity contribution >= 4 is 11.8 Å². The number of nitrogens with one attached hydrogen (secondary N) is 1. The van der Waals surface area contributed by atoms with Gasteiger partial charge >= 0.3 is 6.03 Å². The third-order valence-corrected chi connectivity index (χ3v) is 5.14. The van der Waals surface area contributed by atoms with Crippen molar-refractivity contribution in [2.45, 2.75) is 39.3 Å². The molecule has 138 valence electrons. The fraction of sp³-hybridized carbons (Fsp3) is 0.474. The van der Waals surface area contributed by atoms with E-state index in [0.29, 0.717) is 43.2 Å². The van der Waals surface area contributed by atoms with Crippen molar-refractivity contribution in [2.75, 3.05) is 18.5 Å². The second-order valence-corrected chi connectivity index (χ2v) is 7.15. The molecule has 7 heteroatoms. The Morgan fingerprint density at radius 3 is 2.96 bits per heavy atom. The third kappa shape index (κ3) is 3.38. The average molecular weight is 358 g/mol. The molecule has 1 unspecified atom stereocenters. The number of benzene rings is 1. The quantitative estimate of drug-likeness (QED) is 0.909. The SMILES string of the molecule is Cc1cc(NC(=O)N2CCOc3cc(F)ccc3C2)nn1C(C)C1CC1. The highest BCUT2D eigenvalue weighted by atomic mass is 19.1. The maximum atomic E-state index is 13.4. The lowest BCUT2D eigenvalue weighted by molar-refractivity contribution is 0.200. The monoisotopic (exact) mass is 358 g/mol. The van der Waals surface area contributed by atoms with Crippen LogP contribution in [0.3, 0.4) is 0 Å². The summed E-state index contributed by atoms with van der Waals surface area (Å²) in [6.07, 6.45) is 2.49. The van der Waals surface area contributed by atoms with E-state index in [0.717, 1.165) is 11.3 Å². The van der Waals surface area contributed by atoms with Gasteiger partial charge in [0.25, 0.3) is 0 Å². The van der Waals surface area contributed by atoms with E-state index < -0.39 is 0 Å². The highest BCUT2D eigenvalue weighted by Crippen LogP contribution is 2.39. The molecule has 2 heterocycles. The molecule has 2 aromatic rings. The van der Waals surface area contributed by atoms with Gasteiger partial charge in [0.1, 0.15) is 18.2 Å². The summed E-state index contributed by atoms with van der Waals surface area (Å²) in [7, 11) is 0. The predicted molar refractivity (Wildman–Crippen MR) is 95.7 cm³/mol. The number of rotatable bonds is 3. The highest BCUT2D eigenvalue weighted by molar-refractivity contribution is 5.88. The maximum absolute atomic E-state index is 13.4. The molecule has 1 aliphatic carbocycles. The van der Waals surface area contributed by atoms with Crippen LogP contribution in [0.15, 0.2) is 24.3 Å². The third-order valence-electron chi connectivity index (χ3n) is 5.14. The number of hydrogen-bond acceptors (Lipinski definition) is 3. The number of halogens is 1. The van der Waals surface area contributed by atoms with Gasteiger partial charge in [-0.15, -0.1) is 0 Å². The zero-order chi connectivity index (χ0) is 18.3. The zero-order valence-electron chi connectivity index (χ0n) is 15.0. The van der Waals surface area contributed by atoms with Gasteiger partial charge in [0.2, 0.25) is 0 Å². The number of aryl methyl sites for hydroxylation is 1. The fourth-order valence-corrected chi connectivity index (χ4v) is 3.45. The van der Waals surface area contributed by atoms with Gasteiger partial charge in [-0.3, -0.25) is 10.00 Å². The van der Waals surface area contributed by atoms with E-state index in [2.05, 4.69) is 17.3 Å². The van der Waals surface area contributed by atoms with Gasteiger partial charge < -0.3 is 9.64 Å². The summed E-state index contributed by atoms with van der Waals surface area (Å²) in [5.74, 6) is 1.41. The topological polar surface area (TPSA) is 59.4 Å². The van der Waals surface area contributed by atoms with E-state index in [-0.39, 0.29) is 11.8 Å². The first-order valence-corrected chi connectivity index (χ1v) is 9.04. The number of nitrogens with zero attached hydrogens (tertiary/aromatic N) is 3. The van der Waals surface area contributed by atoms with E-state index >= 15 is 0 Å². The number of carbonyl (C=O) groups is 1. The summed E-state index contributed by atoms with van der Waals surface area (Å²) < 4.78 is 20.9. The molecule has 6 nitrogen and oxygen atoms in total. The van der Waals surface area contributed by atoms with Crippen molar-refractivity contribution in [2.24, 2.45) is 5.92 Å². The molecule has 1 aromatic carbocycles. The van der Waals surface area contributed by atoms with Gasteiger partial charge in [-0.25, -0.2) is 9.18 Å². The molecular formula is C19H23FN4O2. The highest BCUT2D eigenvalue weighted by Gasteiger charge is 2.30. The molecule has 1 aromatic heterocycles. The molecule has 0 spiro atoms. The van der Waals surface area contributed by atoms with Gasteiger partial charge in [-0.2, -0.15) is 5.10 Å². The van der Waals surface area contributed by atoms with Gasteiger partial charge in [-0.1, -0.05) is 6.07 Å². The number of anilines is 1. The number of hydrogen-bond donors (Lipinski definition) is 1. The number of ether oxygens (including phenoxy) is 1. The van der Waals surface area contributed by atoms with Gasteiger partial charge in [0, 0.05) is 23.4 Å². The first-order valence-electron chi connectivity index (χ1n) is 9.04. The summed E-state index contributed by atoms with van der Waals surface area (Å²) in [5, 5.41) is 7.44. The predicted octanol–water partition coefficient (Wildman–Crippen LogP) is 3.73. The van der Waals surface area contributed by atoms with E-state index in [1.54, 1.807) is 11.0 Å². The lowest BCUT2D eigenvalue weighted by atomic mass is 10.2. The second-order valence-electron chi connectivity index (χ2n) is 7.15. The Balaban J connectivity index is 1.46. The summed E-state index contributed by atoms with van der Waals surface area (Å²) >= 11 is 0. The van der Waals surface area contributed by atoms with Crippen LogP contribution in [0.5, 0.6) is 5.75 Å². The molecule has 0 saturated heterocycles. The molecule has 1 N–H and O–H groups in total. The largest absolute Gasteiger partial charge is 0.491 e. The van der Waals surface area contributed by atoms with E-state index in [4.69, 9.17) is 4.74 Å². The Morgan fingerprint density at radius 2 is 2.19 bits per heavy atom. The van der Waals surface area contributed by atoms with Crippen molar-refractivity contribution < 1.29 is 13.9 Å². The molecule has 2 amide bonds. The van der Waals surface area contributed by atoms with E-state index in [1.807, 2.05) is 17.7 Å². The summed E-state index contributed by atoms with van der Waals surface area (Å²) in [5.41, 5.74) is 1.84. The van der Waals surface area contributed by atoms with E-state index in [9.17, 15) is 9.18 Å². The first-order chi connectivity index (χ1) is 12.5. The molecule has 0 radical (unpaired) electrons. The van der Waals surface area contributed by atoms with Crippen LogP contribution in [0.1, 0.15) is 37.1 Å². The summed E-state index contributed by atoms with van der Waals surface area (Å²) in [4.78, 5) is 14.3. The molecule has 4 rings (SSSR count). The average Bonchev–Trinajstić information content (AvgIpc) is 3.40. The van der Waals surface area contributed by atoms with Crippen LogP contribution in [0, 0.1) is 18.7 Å². The van der Waals surface area contributed by atoms with Crippen LogP contribution in [-0.2, 0) is 6.54 Å². The van der Waals surface area contributed by atoms with Gasteiger partial charge in [0.15, 0.2) is 5.82 Å². The molecule has 1 atom stereocenters. The Kier molecular flexibility index (Phi) is 4.30. The number of urea groups is 1. The van der Waals surface area contributed by atoms with Crippen LogP contribution in [-0.4, -0.2) is 33.9 Å². The Labute approximate surface area is 151 Å². The lowest BCUT2D eigenvalue weighted by Gasteiger charge is -2.19. The number of fused-ring (bicyclic) bond motifs is 1.